The Morgan fingerprint density at radius 3 is 2.75 bits per heavy atom. The van der Waals surface area contributed by atoms with Crippen molar-refractivity contribution in [1.82, 2.24) is 15.3 Å². The molecule has 0 unspecified atom stereocenters. The van der Waals surface area contributed by atoms with Crippen molar-refractivity contribution in [3.8, 4) is 0 Å². The predicted octanol–water partition coefficient (Wildman–Crippen LogP) is 4.07. The number of benzene rings is 2. The molecule has 0 radical (unpaired) electrons. The van der Waals surface area contributed by atoms with E-state index in [4.69, 9.17) is 9.05 Å². The predicted molar refractivity (Wildman–Crippen MR) is 87.7 cm³/mol. The minimum absolute atomic E-state index is 0.324. The Bertz CT molecular complexity index is 991. The van der Waals surface area contributed by atoms with E-state index >= 15 is 0 Å². The Labute approximate surface area is 138 Å². The van der Waals surface area contributed by atoms with Gasteiger partial charge in [0.2, 0.25) is 5.89 Å². The highest BCUT2D eigenvalue weighted by Crippen LogP contribution is 2.54. The lowest BCUT2D eigenvalue weighted by Gasteiger charge is -2.02. The number of nitrogens with zero attached hydrogens (tertiary/aromatic N) is 3. The van der Waals surface area contributed by atoms with Crippen LogP contribution in [0.5, 0.6) is 0 Å². The summed E-state index contributed by atoms with van der Waals surface area (Å²) in [5.41, 5.74) is 2.15. The topological polar surface area (TPSA) is 65.0 Å². The molecule has 0 aliphatic heterocycles. The molecule has 2 aromatic carbocycles. The van der Waals surface area contributed by atoms with Crippen LogP contribution in [-0.2, 0) is 6.42 Å². The Balaban J connectivity index is 1.35. The fraction of sp³-hybridized carbons (Fsp3) is 0.211. The van der Waals surface area contributed by atoms with Gasteiger partial charge in [-0.15, -0.1) is 0 Å². The molecule has 0 amide bonds. The number of fused-ring (bicyclic) bond motifs is 1. The number of hydrogen-bond donors (Lipinski definition) is 0. The number of hydrogen-bond acceptors (Lipinski definition) is 5. The van der Waals surface area contributed by atoms with Gasteiger partial charge in [-0.2, -0.15) is 4.98 Å². The standard InChI is InChI=1S/C19H15N3O2/c1-2-4-13-9-14(6-5-12(13)3-1)16-11-17(16)19-20-18(22-24-19)10-15-7-8-23-21-15/h1-9,16-17H,10-11H2/t16-,17-/m0/s1. The summed E-state index contributed by atoms with van der Waals surface area (Å²) >= 11 is 0. The van der Waals surface area contributed by atoms with Crippen LogP contribution < -0.4 is 0 Å². The maximum absolute atomic E-state index is 5.46. The summed E-state index contributed by atoms with van der Waals surface area (Å²) < 4.78 is 10.3. The maximum atomic E-state index is 5.46. The molecule has 4 aromatic rings. The quantitative estimate of drug-likeness (QED) is 0.567. The lowest BCUT2D eigenvalue weighted by atomic mass is 10.0. The van der Waals surface area contributed by atoms with E-state index in [1.54, 1.807) is 6.26 Å². The molecule has 118 valence electrons. The molecule has 0 bridgehead atoms. The highest BCUT2D eigenvalue weighted by atomic mass is 16.5. The van der Waals surface area contributed by atoms with Gasteiger partial charge in [-0.05, 0) is 28.7 Å². The van der Waals surface area contributed by atoms with Crippen molar-refractivity contribution in [2.75, 3.05) is 0 Å². The first-order valence-electron chi connectivity index (χ1n) is 8.07. The van der Waals surface area contributed by atoms with E-state index in [0.717, 1.165) is 18.0 Å². The second-order valence-corrected chi connectivity index (χ2v) is 6.27. The molecule has 2 aromatic heterocycles. The fourth-order valence-corrected chi connectivity index (χ4v) is 3.26. The van der Waals surface area contributed by atoms with E-state index in [9.17, 15) is 0 Å². The number of aromatic nitrogens is 3. The molecule has 0 N–H and O–H groups in total. The van der Waals surface area contributed by atoms with Crippen LogP contribution in [0.3, 0.4) is 0 Å². The molecule has 2 atom stereocenters. The SMILES string of the molecule is c1ccc2cc([C@@H]3C[C@@H]3c3nc(Cc4ccon4)no3)ccc2c1. The molecule has 0 spiro atoms. The molecule has 24 heavy (non-hydrogen) atoms. The molecule has 5 heteroatoms. The van der Waals surface area contributed by atoms with Gasteiger partial charge in [0.25, 0.3) is 0 Å². The van der Waals surface area contributed by atoms with Crippen LogP contribution in [0.15, 0.2) is 63.8 Å². The zero-order valence-electron chi connectivity index (χ0n) is 12.9. The van der Waals surface area contributed by atoms with Crippen molar-refractivity contribution in [3.05, 3.63) is 77.8 Å². The van der Waals surface area contributed by atoms with Crippen molar-refractivity contribution in [3.63, 3.8) is 0 Å². The summed E-state index contributed by atoms with van der Waals surface area (Å²) in [5, 5.41) is 10.5. The smallest absolute Gasteiger partial charge is 0.230 e. The minimum atomic E-state index is 0.324. The Kier molecular flexibility index (Phi) is 2.98. The van der Waals surface area contributed by atoms with Gasteiger partial charge in [-0.25, -0.2) is 0 Å². The second-order valence-electron chi connectivity index (χ2n) is 6.27. The Hall–Kier alpha value is -2.95. The largest absolute Gasteiger partial charge is 0.364 e. The van der Waals surface area contributed by atoms with Crippen LogP contribution in [0.1, 0.15) is 41.2 Å². The average Bonchev–Trinajstić information content (AvgIpc) is 3.02. The molecular weight excluding hydrogens is 302 g/mol. The number of rotatable bonds is 4. The minimum Gasteiger partial charge on any atom is -0.364 e. The first-order chi connectivity index (χ1) is 11.9. The van der Waals surface area contributed by atoms with Crippen molar-refractivity contribution in [2.24, 2.45) is 0 Å². The van der Waals surface area contributed by atoms with Gasteiger partial charge < -0.3 is 9.05 Å². The highest BCUT2D eigenvalue weighted by molar-refractivity contribution is 5.83. The van der Waals surface area contributed by atoms with Crippen molar-refractivity contribution < 1.29 is 9.05 Å². The summed E-state index contributed by atoms with van der Waals surface area (Å²) in [6.07, 6.45) is 3.14. The van der Waals surface area contributed by atoms with Gasteiger partial charge >= 0.3 is 0 Å². The molecule has 1 fully saturated rings. The third-order valence-corrected chi connectivity index (χ3v) is 4.62. The normalized spacial score (nSPS) is 19.7. The monoisotopic (exact) mass is 317 g/mol. The molecule has 5 rings (SSSR count). The third-order valence-electron chi connectivity index (χ3n) is 4.62. The van der Waals surface area contributed by atoms with E-state index in [2.05, 4.69) is 57.8 Å². The highest BCUT2D eigenvalue weighted by Gasteiger charge is 2.43. The van der Waals surface area contributed by atoms with E-state index in [0.29, 0.717) is 24.1 Å². The van der Waals surface area contributed by atoms with Gasteiger partial charge in [0.15, 0.2) is 5.82 Å². The summed E-state index contributed by atoms with van der Waals surface area (Å²) in [7, 11) is 0. The summed E-state index contributed by atoms with van der Waals surface area (Å²) in [6, 6.07) is 16.9. The van der Waals surface area contributed by atoms with Crippen LogP contribution >= 0.6 is 0 Å². The van der Waals surface area contributed by atoms with Gasteiger partial charge in [0.1, 0.15) is 6.26 Å². The fourth-order valence-electron chi connectivity index (χ4n) is 3.26. The van der Waals surface area contributed by atoms with Crippen LogP contribution in [-0.4, -0.2) is 15.3 Å². The van der Waals surface area contributed by atoms with E-state index in [1.807, 2.05) is 6.07 Å². The molecule has 1 aliphatic rings. The zero-order chi connectivity index (χ0) is 15.9. The third kappa shape index (κ3) is 2.38. The van der Waals surface area contributed by atoms with Crippen molar-refractivity contribution in [2.45, 2.75) is 24.7 Å². The first-order valence-corrected chi connectivity index (χ1v) is 8.07. The second kappa shape index (κ2) is 5.30. The Morgan fingerprint density at radius 2 is 1.88 bits per heavy atom. The lowest BCUT2D eigenvalue weighted by molar-refractivity contribution is 0.372. The molecular formula is C19H15N3O2. The maximum Gasteiger partial charge on any atom is 0.230 e. The molecule has 1 aliphatic carbocycles. The van der Waals surface area contributed by atoms with Gasteiger partial charge in [-0.3, -0.25) is 0 Å². The van der Waals surface area contributed by atoms with Gasteiger partial charge in [-0.1, -0.05) is 52.8 Å². The molecule has 0 saturated heterocycles. The Morgan fingerprint density at radius 1 is 0.958 bits per heavy atom. The van der Waals surface area contributed by atoms with Gasteiger partial charge in [0, 0.05) is 12.0 Å². The van der Waals surface area contributed by atoms with E-state index in [1.165, 1.54) is 16.3 Å². The summed E-state index contributed by atoms with van der Waals surface area (Å²) in [4.78, 5) is 4.53. The molecule has 1 saturated carbocycles. The van der Waals surface area contributed by atoms with Crippen molar-refractivity contribution >= 4 is 10.8 Å². The summed E-state index contributed by atoms with van der Waals surface area (Å²) in [6.45, 7) is 0. The van der Waals surface area contributed by atoms with Crippen LogP contribution in [0, 0.1) is 0 Å². The summed E-state index contributed by atoms with van der Waals surface area (Å²) in [5.74, 6) is 2.18. The van der Waals surface area contributed by atoms with Crippen LogP contribution in [0.25, 0.3) is 10.8 Å². The van der Waals surface area contributed by atoms with Crippen LogP contribution in [0.2, 0.25) is 0 Å². The molecule has 2 heterocycles. The zero-order valence-corrected chi connectivity index (χ0v) is 12.9. The lowest BCUT2D eigenvalue weighted by Crippen LogP contribution is -1.91. The average molecular weight is 317 g/mol. The van der Waals surface area contributed by atoms with Crippen molar-refractivity contribution in [1.29, 1.82) is 0 Å². The van der Waals surface area contributed by atoms with Crippen LogP contribution in [0.4, 0.5) is 0 Å². The van der Waals surface area contributed by atoms with E-state index in [-0.39, 0.29) is 0 Å². The van der Waals surface area contributed by atoms with E-state index < -0.39 is 0 Å². The molecule has 5 nitrogen and oxygen atoms in total. The van der Waals surface area contributed by atoms with Gasteiger partial charge in [0.05, 0.1) is 12.1 Å². The first kappa shape index (κ1) is 13.5.